The molecule has 0 aliphatic heterocycles. The molecule has 0 spiro atoms. The molecule has 3 aromatic rings. The van der Waals surface area contributed by atoms with Crippen LogP contribution < -0.4 is 0 Å². The van der Waals surface area contributed by atoms with Gasteiger partial charge in [0.05, 0.1) is 15.4 Å². The lowest BCUT2D eigenvalue weighted by molar-refractivity contribution is -0.138. The molecule has 0 amide bonds. The highest BCUT2D eigenvalue weighted by atomic mass is 79.9. The molecule has 0 heterocycles. The molecule has 2 nitrogen and oxygen atoms in total. The van der Waals surface area contributed by atoms with E-state index in [0.29, 0.717) is 6.42 Å². The highest BCUT2D eigenvalue weighted by Gasteiger charge is 2.40. The van der Waals surface area contributed by atoms with Crippen molar-refractivity contribution >= 4 is 32.4 Å². The molecule has 0 saturated heterocycles. The van der Waals surface area contributed by atoms with Crippen LogP contribution in [0.3, 0.4) is 0 Å². The summed E-state index contributed by atoms with van der Waals surface area (Å²) in [6, 6.07) is 31.5. The maximum atomic E-state index is 12.6. The average Bonchev–Trinajstić information content (AvgIpc) is 2.78. The van der Waals surface area contributed by atoms with Crippen LogP contribution in [0.15, 0.2) is 91.0 Å². The van der Waals surface area contributed by atoms with Crippen molar-refractivity contribution in [2.24, 2.45) is 5.92 Å². The number of rotatable bonds is 8. The van der Waals surface area contributed by atoms with E-state index in [-0.39, 0.29) is 28.9 Å². The third kappa shape index (κ3) is 5.15. The molecular weight excluding hydrogens is 443 g/mol. The van der Waals surface area contributed by atoms with Crippen LogP contribution in [0.25, 0.3) is 0 Å². The summed E-state index contributed by atoms with van der Waals surface area (Å²) in [5.41, 5.74) is 3.13. The van der Waals surface area contributed by atoms with Gasteiger partial charge >= 0.3 is 5.97 Å². The van der Waals surface area contributed by atoms with Gasteiger partial charge in [0, 0.05) is 5.41 Å². The van der Waals surface area contributed by atoms with Gasteiger partial charge in [-0.15, -0.1) is 17.0 Å². The number of benzene rings is 3. The first-order chi connectivity index (χ1) is 13.7. The van der Waals surface area contributed by atoms with E-state index in [0.717, 1.165) is 12.8 Å². The van der Waals surface area contributed by atoms with Crippen LogP contribution in [-0.2, 0) is 14.7 Å². The maximum Gasteiger partial charge on any atom is 0.311 e. The molecule has 0 aliphatic carbocycles. The zero-order chi connectivity index (χ0) is 19.8. The van der Waals surface area contributed by atoms with Gasteiger partial charge in [-0.3, -0.25) is 4.79 Å². The fraction of sp³-hybridized carbons (Fsp3) is 0.240. The Bertz CT molecular complexity index is 772. The third-order valence-corrected chi connectivity index (χ3v) is 5.67. The molecule has 0 N–H and O–H groups in total. The van der Waals surface area contributed by atoms with Gasteiger partial charge in [0.1, 0.15) is 0 Å². The largest absolute Gasteiger partial charge is 0.451 e. The predicted molar refractivity (Wildman–Crippen MR) is 128 cm³/mol. The summed E-state index contributed by atoms with van der Waals surface area (Å²) in [5, 5.41) is 0. The van der Waals surface area contributed by atoms with Gasteiger partial charge in [0.2, 0.25) is 0 Å². The van der Waals surface area contributed by atoms with Gasteiger partial charge in [0.15, 0.2) is 0 Å². The van der Waals surface area contributed by atoms with Crippen LogP contribution in [-0.4, -0.2) is 5.97 Å². The average molecular weight is 471 g/mol. The first-order valence-corrected chi connectivity index (χ1v) is 10.3. The Morgan fingerprint density at radius 1 is 0.828 bits per heavy atom. The van der Waals surface area contributed by atoms with Crippen LogP contribution in [0.4, 0.5) is 0 Å². The number of carbonyl (C=O) groups excluding carboxylic acids is 1. The van der Waals surface area contributed by atoms with E-state index in [9.17, 15) is 4.79 Å². The van der Waals surface area contributed by atoms with E-state index in [1.807, 2.05) is 18.2 Å². The summed E-state index contributed by atoms with van der Waals surface area (Å²) in [7, 11) is 2.12. The molecule has 0 bridgehead atoms. The van der Waals surface area contributed by atoms with E-state index >= 15 is 0 Å². The third-order valence-electron chi connectivity index (χ3n) is 5.44. The van der Waals surface area contributed by atoms with Crippen LogP contribution in [0.1, 0.15) is 42.9 Å². The van der Waals surface area contributed by atoms with Crippen LogP contribution in [0.5, 0.6) is 0 Å². The summed E-state index contributed by atoms with van der Waals surface area (Å²) < 4.78 is 5.10. The second-order valence-corrected chi connectivity index (χ2v) is 7.37. The number of halogens is 1. The fourth-order valence-corrected chi connectivity index (χ4v) is 4.33. The molecule has 0 saturated carbocycles. The van der Waals surface area contributed by atoms with Gasteiger partial charge in [0.25, 0.3) is 0 Å². The quantitative estimate of drug-likeness (QED) is 0.269. The molecular formula is C25H28BrO2P. The van der Waals surface area contributed by atoms with Gasteiger partial charge in [-0.2, -0.15) is 0 Å². The normalized spacial score (nSPS) is 11.9. The second kappa shape index (κ2) is 11.3. The summed E-state index contributed by atoms with van der Waals surface area (Å²) >= 11 is 0. The number of hydrogen-bond donors (Lipinski definition) is 0. The van der Waals surface area contributed by atoms with Crippen molar-refractivity contribution in [1.29, 1.82) is 0 Å². The lowest BCUT2D eigenvalue weighted by Gasteiger charge is -2.38. The Kier molecular flexibility index (Phi) is 9.07. The number of hydrogen-bond acceptors (Lipinski definition) is 2. The van der Waals surface area contributed by atoms with Crippen LogP contribution in [0.2, 0.25) is 0 Å². The Hall–Kier alpha value is -1.96. The minimum Gasteiger partial charge on any atom is -0.451 e. The van der Waals surface area contributed by atoms with Crippen molar-refractivity contribution < 1.29 is 9.32 Å². The van der Waals surface area contributed by atoms with Crippen molar-refractivity contribution in [2.75, 3.05) is 0 Å². The minimum absolute atomic E-state index is 0. The monoisotopic (exact) mass is 470 g/mol. The first kappa shape index (κ1) is 23.3. The van der Waals surface area contributed by atoms with Crippen molar-refractivity contribution in [3.8, 4) is 0 Å². The summed E-state index contributed by atoms with van der Waals surface area (Å²) in [6.45, 7) is 2.11. The van der Waals surface area contributed by atoms with Gasteiger partial charge < -0.3 is 4.52 Å². The summed E-state index contributed by atoms with van der Waals surface area (Å²) in [6.07, 6.45) is 2.38. The highest BCUT2D eigenvalue weighted by molar-refractivity contribution is 8.93. The zero-order valence-corrected chi connectivity index (χ0v) is 19.5. The molecule has 0 fully saturated rings. The first-order valence-electron chi connectivity index (χ1n) is 9.79. The van der Waals surface area contributed by atoms with E-state index in [1.54, 1.807) is 0 Å². The van der Waals surface area contributed by atoms with Crippen molar-refractivity contribution in [2.45, 2.75) is 31.6 Å². The molecule has 2 atom stereocenters. The standard InChI is InChI=1S/C25H27O2P.BrH/c1-2-12-20(24(26)27-28)19-25(21-13-6-3-7-14-21,22-15-8-4-9-16-22)23-17-10-5-11-18-23;/h3-11,13-18,20H,2,12,19,28H2,1H3;1H. The SMILES string of the molecule is Br.CCCC(CC(c1ccccc1)(c1ccccc1)c1ccccc1)C(=O)OP. The lowest BCUT2D eigenvalue weighted by atomic mass is 9.64. The van der Waals surface area contributed by atoms with Crippen molar-refractivity contribution in [3.05, 3.63) is 108 Å². The molecule has 3 rings (SSSR count). The Labute approximate surface area is 186 Å². The highest BCUT2D eigenvalue weighted by Crippen LogP contribution is 2.45. The molecule has 152 valence electrons. The van der Waals surface area contributed by atoms with Gasteiger partial charge in [-0.25, -0.2) is 0 Å². The van der Waals surface area contributed by atoms with E-state index in [4.69, 9.17) is 4.52 Å². The van der Waals surface area contributed by atoms with Crippen molar-refractivity contribution in [1.82, 2.24) is 0 Å². The Morgan fingerprint density at radius 3 is 1.52 bits per heavy atom. The summed E-state index contributed by atoms with van der Waals surface area (Å²) in [4.78, 5) is 12.6. The van der Waals surface area contributed by atoms with E-state index in [2.05, 4.69) is 89.2 Å². The molecule has 0 radical (unpaired) electrons. The topological polar surface area (TPSA) is 26.3 Å². The molecule has 3 aromatic carbocycles. The van der Waals surface area contributed by atoms with Gasteiger partial charge in [-0.05, 0) is 29.5 Å². The molecule has 0 aromatic heterocycles. The predicted octanol–water partition coefficient (Wildman–Crippen LogP) is 6.74. The minimum atomic E-state index is -0.428. The maximum absolute atomic E-state index is 12.6. The zero-order valence-electron chi connectivity index (χ0n) is 16.7. The number of carbonyl (C=O) groups is 1. The molecule has 0 aliphatic rings. The van der Waals surface area contributed by atoms with Crippen LogP contribution in [0, 0.1) is 5.92 Å². The van der Waals surface area contributed by atoms with E-state index < -0.39 is 5.41 Å². The smallest absolute Gasteiger partial charge is 0.311 e. The second-order valence-electron chi connectivity index (χ2n) is 7.13. The molecule has 29 heavy (non-hydrogen) atoms. The van der Waals surface area contributed by atoms with E-state index in [1.165, 1.54) is 16.7 Å². The van der Waals surface area contributed by atoms with Crippen molar-refractivity contribution in [3.63, 3.8) is 0 Å². The Balaban J connectivity index is 0.00000300. The fourth-order valence-electron chi connectivity index (χ4n) is 4.14. The Morgan fingerprint density at radius 2 is 1.21 bits per heavy atom. The van der Waals surface area contributed by atoms with Gasteiger partial charge in [-0.1, -0.05) is 104 Å². The summed E-state index contributed by atoms with van der Waals surface area (Å²) in [5.74, 6) is -0.359. The molecule has 4 heteroatoms. The van der Waals surface area contributed by atoms with Crippen LogP contribution >= 0.6 is 26.4 Å². The lowest BCUT2D eigenvalue weighted by Crippen LogP contribution is -2.34. The molecule has 2 unspecified atom stereocenters.